The van der Waals surface area contributed by atoms with Crippen molar-refractivity contribution >= 4 is 16.0 Å². The Kier molecular flexibility index (Phi) is 3.33. The number of hydrogen-bond acceptors (Lipinski definition) is 5. The number of benzene rings is 1. The Morgan fingerprint density at radius 1 is 1.50 bits per heavy atom. The van der Waals surface area contributed by atoms with E-state index in [1.54, 1.807) is 18.2 Å². The summed E-state index contributed by atoms with van der Waals surface area (Å²) in [5.74, 6) is -0.479. The second-order valence-electron chi connectivity index (χ2n) is 5.74. The normalized spacial score (nSPS) is 27.6. The number of rotatable bonds is 3. The predicted molar refractivity (Wildman–Crippen MR) is 77.7 cm³/mol. The third-order valence-electron chi connectivity index (χ3n) is 4.49. The molecule has 8 heteroatoms. The van der Waals surface area contributed by atoms with Crippen molar-refractivity contribution in [2.75, 3.05) is 33.1 Å². The van der Waals surface area contributed by atoms with Crippen molar-refractivity contribution in [2.45, 2.75) is 5.92 Å². The zero-order chi connectivity index (χ0) is 16.1. The molecule has 120 valence electrons. The number of fused-ring (bicyclic) bond motifs is 3. The summed E-state index contributed by atoms with van der Waals surface area (Å²) >= 11 is 0. The first-order chi connectivity index (χ1) is 10.3. The van der Waals surface area contributed by atoms with E-state index in [9.17, 15) is 18.3 Å². The lowest BCUT2D eigenvalue weighted by atomic mass is 9.73. The first-order valence-electron chi connectivity index (χ1n) is 6.78. The van der Waals surface area contributed by atoms with Crippen LogP contribution >= 0.6 is 0 Å². The van der Waals surface area contributed by atoms with E-state index in [-0.39, 0.29) is 19.7 Å². The molecule has 0 saturated carbocycles. The molecule has 0 aliphatic carbocycles. The number of sulfonamides is 1. The van der Waals surface area contributed by atoms with Crippen LogP contribution in [0.25, 0.3) is 0 Å². The number of hydrogen-bond donors (Lipinski definition) is 1. The van der Waals surface area contributed by atoms with Crippen LogP contribution in [0.1, 0.15) is 11.5 Å². The maximum atomic E-state index is 11.9. The molecule has 2 aliphatic heterocycles. The van der Waals surface area contributed by atoms with Crippen molar-refractivity contribution in [1.29, 1.82) is 0 Å². The highest BCUT2D eigenvalue weighted by atomic mass is 32.2. The van der Waals surface area contributed by atoms with Crippen molar-refractivity contribution < 1.29 is 27.8 Å². The largest absolute Gasteiger partial charge is 0.493 e. The van der Waals surface area contributed by atoms with Gasteiger partial charge in [-0.25, -0.2) is 12.7 Å². The van der Waals surface area contributed by atoms with Crippen molar-refractivity contribution in [3.05, 3.63) is 23.8 Å². The maximum Gasteiger partial charge on any atom is 0.315 e. The van der Waals surface area contributed by atoms with Crippen molar-refractivity contribution in [1.82, 2.24) is 4.31 Å². The number of ether oxygens (including phenoxy) is 2. The zero-order valence-electron chi connectivity index (χ0n) is 12.3. The molecule has 22 heavy (non-hydrogen) atoms. The van der Waals surface area contributed by atoms with E-state index in [4.69, 9.17) is 9.47 Å². The molecule has 3 rings (SSSR count). The molecule has 1 N–H and O–H groups in total. The van der Waals surface area contributed by atoms with Gasteiger partial charge in [0.25, 0.3) is 0 Å². The number of aliphatic carboxylic acids is 1. The van der Waals surface area contributed by atoms with Crippen molar-refractivity contribution in [3.8, 4) is 11.5 Å². The molecule has 1 aromatic rings. The second-order valence-corrected chi connectivity index (χ2v) is 7.72. The minimum Gasteiger partial charge on any atom is -0.493 e. The van der Waals surface area contributed by atoms with Crippen LogP contribution in [0.5, 0.6) is 11.5 Å². The Bertz CT molecular complexity index is 731. The number of nitrogens with zero attached hydrogens (tertiary/aromatic N) is 1. The summed E-state index contributed by atoms with van der Waals surface area (Å²) in [7, 11) is -1.96. The van der Waals surface area contributed by atoms with Gasteiger partial charge in [-0.1, -0.05) is 12.1 Å². The molecule has 0 spiro atoms. The van der Waals surface area contributed by atoms with Gasteiger partial charge in [-0.05, 0) is 6.07 Å². The van der Waals surface area contributed by atoms with Crippen LogP contribution in [0, 0.1) is 5.41 Å². The molecule has 0 amide bonds. The number of para-hydroxylation sites is 1. The van der Waals surface area contributed by atoms with Gasteiger partial charge >= 0.3 is 5.97 Å². The molecule has 1 fully saturated rings. The fourth-order valence-corrected chi connectivity index (χ4v) is 4.15. The summed E-state index contributed by atoms with van der Waals surface area (Å²) in [6, 6.07) is 5.25. The highest BCUT2D eigenvalue weighted by Gasteiger charge is 2.58. The molecular weight excluding hydrogens is 310 g/mol. The molecule has 2 aliphatic rings. The summed E-state index contributed by atoms with van der Waals surface area (Å²) in [6.45, 7) is -0.0243. The minimum absolute atomic E-state index is 0.0770. The summed E-state index contributed by atoms with van der Waals surface area (Å²) in [5, 5.41) is 9.70. The summed E-state index contributed by atoms with van der Waals surface area (Å²) < 4.78 is 35.8. The van der Waals surface area contributed by atoms with Gasteiger partial charge < -0.3 is 14.6 Å². The minimum atomic E-state index is -3.47. The maximum absolute atomic E-state index is 11.9. The lowest BCUT2D eigenvalue weighted by Gasteiger charge is -2.36. The van der Waals surface area contributed by atoms with Gasteiger partial charge in [-0.15, -0.1) is 0 Å². The fourth-order valence-electron chi connectivity index (χ4n) is 3.26. The van der Waals surface area contributed by atoms with E-state index in [0.29, 0.717) is 17.1 Å². The number of carbonyl (C=O) groups is 1. The van der Waals surface area contributed by atoms with Crippen molar-refractivity contribution in [2.24, 2.45) is 5.41 Å². The summed E-state index contributed by atoms with van der Waals surface area (Å²) in [6.07, 6.45) is 1.09. The second kappa shape index (κ2) is 4.85. The van der Waals surface area contributed by atoms with Crippen LogP contribution in [-0.2, 0) is 14.8 Å². The lowest BCUT2D eigenvalue weighted by molar-refractivity contribution is -0.151. The van der Waals surface area contributed by atoms with E-state index in [0.717, 1.165) is 6.26 Å². The molecular formula is C14H17NO6S. The first-order valence-corrected chi connectivity index (χ1v) is 8.62. The summed E-state index contributed by atoms with van der Waals surface area (Å²) in [5.41, 5.74) is -0.582. The molecule has 0 aromatic heterocycles. The van der Waals surface area contributed by atoms with Crippen LogP contribution < -0.4 is 9.47 Å². The van der Waals surface area contributed by atoms with Crippen LogP contribution in [0.15, 0.2) is 18.2 Å². The van der Waals surface area contributed by atoms with Gasteiger partial charge in [-0.2, -0.15) is 0 Å². The average Bonchev–Trinajstić information content (AvgIpc) is 2.88. The van der Waals surface area contributed by atoms with Crippen LogP contribution in [0.2, 0.25) is 0 Å². The standard InChI is InChI=1S/C14H17NO6S/c1-20-11-5-3-4-9-10-6-15(22(2,18)19)7-14(10,13(16)17)8-21-12(9)11/h3-5,10H,6-8H2,1-2H3,(H,16,17)/t10?,14-/m1/s1. The Morgan fingerprint density at radius 3 is 2.82 bits per heavy atom. The fraction of sp³-hybridized carbons (Fsp3) is 0.500. The monoisotopic (exact) mass is 327 g/mol. The molecule has 0 bridgehead atoms. The highest BCUT2D eigenvalue weighted by molar-refractivity contribution is 7.88. The quantitative estimate of drug-likeness (QED) is 0.870. The molecule has 0 radical (unpaired) electrons. The van der Waals surface area contributed by atoms with Gasteiger partial charge in [0.2, 0.25) is 10.0 Å². The van der Waals surface area contributed by atoms with Gasteiger partial charge in [-0.3, -0.25) is 4.79 Å². The zero-order valence-corrected chi connectivity index (χ0v) is 13.1. The molecule has 2 atom stereocenters. The van der Waals surface area contributed by atoms with E-state index in [1.807, 2.05) is 0 Å². The number of carboxylic acids is 1. The van der Waals surface area contributed by atoms with Crippen molar-refractivity contribution in [3.63, 3.8) is 0 Å². The van der Waals surface area contributed by atoms with Gasteiger partial charge in [0.05, 0.1) is 13.4 Å². The Morgan fingerprint density at radius 2 is 2.23 bits per heavy atom. The van der Waals surface area contributed by atoms with Gasteiger partial charge in [0, 0.05) is 24.6 Å². The Balaban J connectivity index is 2.13. The summed E-state index contributed by atoms with van der Waals surface area (Å²) in [4.78, 5) is 11.9. The smallest absolute Gasteiger partial charge is 0.315 e. The third kappa shape index (κ3) is 2.05. The molecule has 7 nitrogen and oxygen atoms in total. The van der Waals surface area contributed by atoms with Crippen LogP contribution in [0.4, 0.5) is 0 Å². The van der Waals surface area contributed by atoms with Crippen LogP contribution in [0.3, 0.4) is 0 Å². The topological polar surface area (TPSA) is 93.1 Å². The van der Waals surface area contributed by atoms with E-state index < -0.39 is 27.3 Å². The van der Waals surface area contributed by atoms with E-state index >= 15 is 0 Å². The number of carboxylic acid groups (broad SMARTS) is 1. The SMILES string of the molecule is COc1cccc2c1OC[C@]1(C(=O)O)CN(S(C)(=O)=O)CC21. The lowest BCUT2D eigenvalue weighted by Crippen LogP contribution is -2.46. The predicted octanol–water partition coefficient (Wildman–Crippen LogP) is 0.517. The van der Waals surface area contributed by atoms with Crippen LogP contribution in [-0.4, -0.2) is 56.9 Å². The molecule has 2 heterocycles. The van der Waals surface area contributed by atoms with E-state index in [1.165, 1.54) is 11.4 Å². The molecule has 1 saturated heterocycles. The average molecular weight is 327 g/mol. The number of methoxy groups -OCH3 is 1. The van der Waals surface area contributed by atoms with E-state index in [2.05, 4.69) is 0 Å². The first kappa shape index (κ1) is 15.1. The van der Waals surface area contributed by atoms with Gasteiger partial charge in [0.1, 0.15) is 12.0 Å². The highest BCUT2D eigenvalue weighted by Crippen LogP contribution is 2.52. The van der Waals surface area contributed by atoms with Gasteiger partial charge in [0.15, 0.2) is 11.5 Å². The molecule has 1 unspecified atom stereocenters. The third-order valence-corrected chi connectivity index (χ3v) is 5.70. The Labute approximate surface area is 128 Å². The Hall–Kier alpha value is -1.80. The molecule has 1 aromatic carbocycles.